The van der Waals surface area contributed by atoms with Crippen LogP contribution in [0.2, 0.25) is 0 Å². The summed E-state index contributed by atoms with van der Waals surface area (Å²) in [4.78, 5) is 9.64. The summed E-state index contributed by atoms with van der Waals surface area (Å²) in [6.45, 7) is 5.80. The van der Waals surface area contributed by atoms with Gasteiger partial charge in [0.1, 0.15) is 72.7 Å². The van der Waals surface area contributed by atoms with Gasteiger partial charge in [-0.3, -0.25) is 4.98 Å². The molecule has 0 bridgehead atoms. The molecule has 10 heteroatoms. The minimum absolute atomic E-state index is 0.329. The Balaban J connectivity index is 0.000000110. The lowest BCUT2D eigenvalue weighted by Crippen LogP contribution is -2.31. The number of benzene rings is 13. The average molecular weight is 1610 g/mol. The summed E-state index contributed by atoms with van der Waals surface area (Å²) in [5.41, 5.74) is 29.1. The normalized spacial score (nSPS) is 13.0. The number of furan rings is 4. The van der Waals surface area contributed by atoms with E-state index in [1.807, 2.05) is 213 Å². The van der Waals surface area contributed by atoms with Gasteiger partial charge in [-0.05, 0) is 189 Å². The maximum absolute atomic E-state index is 8.14. The van der Waals surface area contributed by atoms with Crippen LogP contribution in [0, 0.1) is 62.1 Å². The molecular weight excluding hydrogens is 1510 g/mol. The first-order valence-electron chi connectivity index (χ1n) is 45.9. The molecule has 10 heterocycles. The summed E-state index contributed by atoms with van der Waals surface area (Å²) in [6, 6.07) is 97.9. The van der Waals surface area contributed by atoms with Gasteiger partial charge in [-0.2, -0.15) is 0 Å². The number of pyridine rings is 6. The fourth-order valence-electron chi connectivity index (χ4n) is 18.0. The van der Waals surface area contributed by atoms with Crippen LogP contribution in [0.15, 0.2) is 340 Å². The van der Waals surface area contributed by atoms with Gasteiger partial charge in [0.15, 0.2) is 36.0 Å². The van der Waals surface area contributed by atoms with Crippen molar-refractivity contribution in [3.63, 3.8) is 0 Å². The van der Waals surface area contributed by atoms with Gasteiger partial charge in [0.05, 0.1) is 5.56 Å². The Morgan fingerprint density at radius 1 is 0.268 bits per heavy atom. The van der Waals surface area contributed by atoms with Gasteiger partial charge in [-0.25, -0.2) is 23.3 Å². The van der Waals surface area contributed by atoms with Crippen LogP contribution in [0.3, 0.4) is 0 Å². The lowest BCUT2D eigenvalue weighted by atomic mass is 9.96. The first-order valence-corrected chi connectivity index (χ1v) is 41.4. The largest absolute Gasteiger partial charge is 0.455 e. The second-order valence-corrected chi connectivity index (χ2v) is 32.4. The highest BCUT2D eigenvalue weighted by atomic mass is 16.3. The number of hydrogen-bond donors (Lipinski definition) is 0. The Labute approximate surface area is 726 Å². The van der Waals surface area contributed by atoms with Crippen molar-refractivity contribution >= 4 is 131 Å². The zero-order chi connectivity index (χ0) is 91.7. The molecule has 0 unspecified atom stereocenters. The highest BCUT2D eigenvalue weighted by molar-refractivity contribution is 6.19. The molecule has 0 aliphatic rings. The standard InChI is InChI=1S/C30H25N2O.C30H24NO.C29H23N2O.C24H20NO/c1-18-14-28-26(29-30(33-28)23-13-9-8-12-22(23)20(3)31-29)15-25(18)27-16-24(19(2)17-32(27)4)21-10-6-5-7-11-21;1-19-15-29-27(24-14-13-22-11-7-8-12-23(22)30(24)32-29)16-26(19)28-17-25(20(2)18-31(28)3)21-9-5-4-6-10-21;1-18-13-27-25(28-29(32-27)22-12-8-7-11-21(22)16-30-28)14-24(18)26-15-23(19(2)17-31(26)3)20-9-5-4-6-10-20;1-15-12-13-25(3)22(14-15)18-10-11-20-21-9-8-17-6-4-5-7-19(17)24(21)26-23(20)16(18)2/h5-17H,1-4H3;4-18H,1-3H3;4-17H,1-3H3;4-14H,1-3H3/q4*+1/i3*2D3;. The van der Waals surface area contributed by atoms with Crippen molar-refractivity contribution in [3.8, 4) is 78.4 Å². The van der Waals surface area contributed by atoms with Gasteiger partial charge in [-0.15, -0.1) is 0 Å². The first-order chi connectivity index (χ1) is 63.5. The van der Waals surface area contributed by atoms with Crippen molar-refractivity contribution in [1.29, 1.82) is 0 Å². The van der Waals surface area contributed by atoms with E-state index in [4.69, 9.17) is 40.0 Å². The van der Waals surface area contributed by atoms with E-state index in [1.165, 1.54) is 43.9 Å². The Bertz CT molecular complexity index is 8350. The van der Waals surface area contributed by atoms with Crippen molar-refractivity contribution in [2.24, 2.45) is 28.2 Å². The first kappa shape index (κ1) is 66.9. The second-order valence-electron chi connectivity index (χ2n) is 32.4. The van der Waals surface area contributed by atoms with E-state index in [9.17, 15) is 0 Å². The molecule has 23 aromatic rings. The molecule has 0 saturated carbocycles. The molecule has 0 spiro atoms. The van der Waals surface area contributed by atoms with Crippen molar-refractivity contribution in [2.75, 3.05) is 0 Å². The molecule has 0 radical (unpaired) electrons. The summed E-state index contributed by atoms with van der Waals surface area (Å²) in [5.74, 6) is 0. The van der Waals surface area contributed by atoms with Crippen molar-refractivity contribution in [2.45, 2.75) is 62.1 Å². The number of nitrogens with zero attached hydrogens (tertiary/aromatic N) is 6. The van der Waals surface area contributed by atoms with Crippen LogP contribution >= 0.6 is 0 Å². The molecule has 0 saturated heterocycles. The summed E-state index contributed by atoms with van der Waals surface area (Å²) < 4.78 is 106. The summed E-state index contributed by atoms with van der Waals surface area (Å²) in [6.07, 6.45) is 9.20. The van der Waals surface area contributed by atoms with E-state index in [-0.39, 0.29) is 0 Å². The summed E-state index contributed by atoms with van der Waals surface area (Å²) in [5, 5.41) is 15.2. The Morgan fingerprint density at radius 3 is 1.15 bits per heavy atom. The van der Waals surface area contributed by atoms with E-state index in [0.717, 1.165) is 188 Å². The molecule has 10 aromatic heterocycles. The van der Waals surface area contributed by atoms with Gasteiger partial charge >= 0.3 is 0 Å². The average Bonchev–Trinajstić information content (AvgIpc) is 1.63. The van der Waals surface area contributed by atoms with Gasteiger partial charge in [-0.1, -0.05) is 200 Å². The monoisotopic (exact) mass is 1610 g/mol. The fourth-order valence-corrected chi connectivity index (χ4v) is 18.0. The van der Waals surface area contributed by atoms with Crippen molar-refractivity contribution < 1.29 is 48.3 Å². The van der Waals surface area contributed by atoms with Gasteiger partial charge in [0.2, 0.25) is 22.8 Å². The zero-order valence-corrected chi connectivity index (χ0v) is 69.9. The molecule has 0 N–H and O–H groups in total. The molecular formula is C113H92N6O4+4. The van der Waals surface area contributed by atoms with E-state index in [2.05, 4.69) is 179 Å². The Kier molecular flexibility index (Phi) is 16.8. The molecule has 23 rings (SSSR count). The Morgan fingerprint density at radius 2 is 0.642 bits per heavy atom. The Hall–Kier alpha value is -15.0. The van der Waals surface area contributed by atoms with Crippen LogP contribution in [-0.2, 0) is 28.2 Å². The van der Waals surface area contributed by atoms with Crippen molar-refractivity contribution in [1.82, 2.24) is 9.97 Å². The minimum atomic E-state index is -2.23. The number of fused-ring (bicyclic) bond motifs is 20. The number of aromatic nitrogens is 6. The maximum Gasteiger partial charge on any atom is 0.213 e. The highest BCUT2D eigenvalue weighted by Gasteiger charge is 2.27. The molecule has 123 heavy (non-hydrogen) atoms. The molecule has 0 amide bonds. The molecule has 10 nitrogen and oxygen atoms in total. The predicted molar refractivity (Wildman–Crippen MR) is 506 cm³/mol. The molecule has 0 aliphatic heterocycles. The smallest absolute Gasteiger partial charge is 0.213 e. The minimum Gasteiger partial charge on any atom is -0.455 e. The van der Waals surface area contributed by atoms with E-state index in [0.29, 0.717) is 27.8 Å². The highest BCUT2D eigenvalue weighted by Crippen LogP contribution is 2.44. The van der Waals surface area contributed by atoms with Crippen LogP contribution in [-0.4, -0.2) is 9.97 Å². The van der Waals surface area contributed by atoms with Crippen LogP contribution < -0.4 is 18.3 Å². The number of aryl methyl sites for hydroxylation is 13. The summed E-state index contributed by atoms with van der Waals surface area (Å²) >= 11 is 0. The number of hydrogen-bond acceptors (Lipinski definition) is 6. The fraction of sp³-hybridized carbons (Fsp3) is 0.115. The van der Waals surface area contributed by atoms with Gasteiger partial charge in [0, 0.05) is 158 Å². The third-order valence-corrected chi connectivity index (χ3v) is 24.4. The van der Waals surface area contributed by atoms with Crippen molar-refractivity contribution in [3.05, 3.63) is 372 Å². The number of rotatable bonds is 7. The predicted octanol–water partition coefficient (Wildman–Crippen LogP) is 27.5. The lowest BCUT2D eigenvalue weighted by molar-refractivity contribution is -0.660. The second kappa shape index (κ2) is 31.0. The molecule has 0 aliphatic carbocycles. The van der Waals surface area contributed by atoms with Crippen LogP contribution in [0.5, 0.6) is 0 Å². The summed E-state index contributed by atoms with van der Waals surface area (Å²) in [7, 11) is 7.78. The van der Waals surface area contributed by atoms with Gasteiger partial charge < -0.3 is 17.7 Å². The molecule has 0 fully saturated rings. The van der Waals surface area contributed by atoms with Gasteiger partial charge in [0.25, 0.3) is 0 Å². The van der Waals surface area contributed by atoms with Crippen LogP contribution in [0.1, 0.15) is 62.5 Å². The third kappa shape index (κ3) is 13.6. The van der Waals surface area contributed by atoms with E-state index < -0.39 is 20.6 Å². The third-order valence-electron chi connectivity index (χ3n) is 24.4. The quantitative estimate of drug-likeness (QED) is 0.148. The van der Waals surface area contributed by atoms with E-state index >= 15 is 0 Å². The SMILES string of the molecule is Cc1cc[n+](C)c(-c2ccc3c(oc4c5ccccc5ccc34)c2C)c1.[2H]C([2H])([2H])c1c[n+](C)c(-c2cc3c(cc2C)oc2c4ccccc4c(C)nc32)cc1-c1ccccc1.[2H]C([2H])([2H])c1c[n+](C)c(-c2cc3c(cc2C)oc2c4ccccc4ccc32)cc1-c1ccccc1.[2H]C([2H])([2H])c1c[n+](C)c(-c2cc3c(cc2C)oc2c4ccccc4cnc32)cc1-c1ccccc1. The van der Waals surface area contributed by atoms with Crippen LogP contribution in [0.25, 0.3) is 210 Å². The maximum atomic E-state index is 8.14. The molecule has 594 valence electrons. The molecule has 13 aromatic carbocycles. The van der Waals surface area contributed by atoms with Crippen LogP contribution in [0.4, 0.5) is 0 Å². The molecule has 0 atom stereocenters. The topological polar surface area (TPSA) is 93.9 Å². The lowest BCUT2D eigenvalue weighted by Gasteiger charge is -2.10. The van der Waals surface area contributed by atoms with E-state index in [1.54, 1.807) is 18.6 Å². The zero-order valence-electron chi connectivity index (χ0n) is 78.9.